The van der Waals surface area contributed by atoms with Gasteiger partial charge in [-0.15, -0.1) is 0 Å². The van der Waals surface area contributed by atoms with E-state index in [1.54, 1.807) is 0 Å². The van der Waals surface area contributed by atoms with Crippen LogP contribution in [-0.4, -0.2) is 30.0 Å². The van der Waals surface area contributed by atoms with Gasteiger partial charge in [-0.1, -0.05) is 26.2 Å². The molecular weight excluding hydrogens is 219 g/mol. The van der Waals surface area contributed by atoms with Gasteiger partial charge in [0.1, 0.15) is 0 Å². The Balaban J connectivity index is 2.27. The summed E-state index contributed by atoms with van der Waals surface area (Å²) in [6.45, 7) is 1.72. The van der Waals surface area contributed by atoms with Gasteiger partial charge in [-0.2, -0.15) is 13.2 Å². The third-order valence-electron chi connectivity index (χ3n) is 3.34. The highest BCUT2D eigenvalue weighted by Gasteiger charge is 2.38. The molecule has 0 spiro atoms. The topological polar surface area (TPSA) is 32.3 Å². The van der Waals surface area contributed by atoms with E-state index >= 15 is 0 Å². The predicted molar refractivity (Wildman–Crippen MR) is 56.1 cm³/mol. The number of hydrogen-bond acceptors (Lipinski definition) is 2. The lowest BCUT2D eigenvalue weighted by Crippen LogP contribution is -2.43. The van der Waals surface area contributed by atoms with Gasteiger partial charge < -0.3 is 10.4 Å². The van der Waals surface area contributed by atoms with Gasteiger partial charge in [0, 0.05) is 12.6 Å². The van der Waals surface area contributed by atoms with Crippen LogP contribution in [0.15, 0.2) is 0 Å². The molecule has 0 aliphatic heterocycles. The first kappa shape index (κ1) is 13.8. The number of aliphatic hydroxyl groups is 1. The van der Waals surface area contributed by atoms with Gasteiger partial charge >= 0.3 is 6.18 Å². The summed E-state index contributed by atoms with van der Waals surface area (Å²) in [6.07, 6.45) is -1.57. The first-order valence-electron chi connectivity index (χ1n) is 5.91. The van der Waals surface area contributed by atoms with E-state index in [2.05, 4.69) is 12.2 Å². The quantitative estimate of drug-likeness (QED) is 0.790. The van der Waals surface area contributed by atoms with E-state index in [1.165, 1.54) is 6.42 Å². The van der Waals surface area contributed by atoms with Crippen molar-refractivity contribution in [2.75, 3.05) is 6.54 Å². The van der Waals surface area contributed by atoms with Crippen LogP contribution in [0.1, 0.15) is 39.0 Å². The Morgan fingerprint density at radius 3 is 2.62 bits per heavy atom. The van der Waals surface area contributed by atoms with Crippen molar-refractivity contribution in [2.45, 2.75) is 57.3 Å². The minimum absolute atomic E-state index is 0.135. The first-order valence-corrected chi connectivity index (χ1v) is 5.91. The molecular formula is C11H20F3NO. The van der Waals surface area contributed by atoms with Crippen LogP contribution < -0.4 is 5.32 Å². The smallest absolute Gasteiger partial charge is 0.382 e. The molecule has 3 unspecified atom stereocenters. The van der Waals surface area contributed by atoms with E-state index in [0.717, 1.165) is 25.7 Å². The minimum atomic E-state index is -4.51. The van der Waals surface area contributed by atoms with Crippen LogP contribution in [-0.2, 0) is 0 Å². The van der Waals surface area contributed by atoms with Crippen LogP contribution in [0.3, 0.4) is 0 Å². The van der Waals surface area contributed by atoms with Gasteiger partial charge in [0.15, 0.2) is 6.10 Å². The third-order valence-corrected chi connectivity index (χ3v) is 3.34. The molecule has 3 atom stereocenters. The lowest BCUT2D eigenvalue weighted by molar-refractivity contribution is -0.202. The number of halogens is 3. The van der Waals surface area contributed by atoms with Crippen molar-refractivity contribution in [2.24, 2.45) is 5.92 Å². The molecule has 0 aromatic heterocycles. The van der Waals surface area contributed by atoms with Crippen molar-refractivity contribution < 1.29 is 18.3 Å². The summed E-state index contributed by atoms with van der Waals surface area (Å²) in [7, 11) is 0. The van der Waals surface area contributed by atoms with Gasteiger partial charge in [0.05, 0.1) is 0 Å². The van der Waals surface area contributed by atoms with Crippen molar-refractivity contribution in [1.82, 2.24) is 5.32 Å². The zero-order valence-corrected chi connectivity index (χ0v) is 9.56. The largest absolute Gasteiger partial charge is 0.415 e. The standard InChI is InChI=1S/C11H20F3NO/c1-2-8-4-3-5-9(6-8)15-7-10(16)11(12,13)14/h8-10,15-16H,2-7H2,1H3. The predicted octanol–water partition coefficient (Wildman–Crippen LogP) is 2.47. The average Bonchev–Trinajstić information content (AvgIpc) is 2.25. The van der Waals surface area contributed by atoms with Crippen molar-refractivity contribution in [1.29, 1.82) is 0 Å². The third kappa shape index (κ3) is 4.29. The molecule has 1 saturated carbocycles. The Labute approximate surface area is 94.2 Å². The maximum Gasteiger partial charge on any atom is 0.415 e. The molecule has 0 bridgehead atoms. The van der Waals surface area contributed by atoms with Crippen LogP contribution in [0, 0.1) is 5.92 Å². The lowest BCUT2D eigenvalue weighted by atomic mass is 9.84. The molecule has 2 N–H and O–H groups in total. The molecule has 0 saturated heterocycles. The van der Waals surface area contributed by atoms with E-state index in [0.29, 0.717) is 5.92 Å². The fraction of sp³-hybridized carbons (Fsp3) is 1.00. The van der Waals surface area contributed by atoms with Crippen molar-refractivity contribution in [3.63, 3.8) is 0 Å². The van der Waals surface area contributed by atoms with Gasteiger partial charge in [-0.3, -0.25) is 0 Å². The zero-order chi connectivity index (χ0) is 12.2. The number of hydrogen-bond donors (Lipinski definition) is 2. The summed E-state index contributed by atoms with van der Waals surface area (Å²) in [5, 5.41) is 11.7. The minimum Gasteiger partial charge on any atom is -0.382 e. The number of nitrogens with one attached hydrogen (secondary N) is 1. The van der Waals surface area contributed by atoms with E-state index in [1.807, 2.05) is 0 Å². The monoisotopic (exact) mass is 239 g/mol. The summed E-state index contributed by atoms with van der Waals surface area (Å²) < 4.78 is 36.2. The molecule has 2 nitrogen and oxygen atoms in total. The fourth-order valence-corrected chi connectivity index (χ4v) is 2.24. The molecule has 0 aromatic rings. The average molecular weight is 239 g/mol. The fourth-order valence-electron chi connectivity index (χ4n) is 2.24. The van der Waals surface area contributed by atoms with Crippen molar-refractivity contribution in [3.8, 4) is 0 Å². The highest BCUT2D eigenvalue weighted by atomic mass is 19.4. The summed E-state index contributed by atoms with van der Waals surface area (Å²) in [5.41, 5.74) is 0. The summed E-state index contributed by atoms with van der Waals surface area (Å²) in [6, 6.07) is 0.135. The molecule has 0 heterocycles. The highest BCUT2D eigenvalue weighted by molar-refractivity contribution is 4.79. The Kier molecular flexibility index (Phi) is 5.05. The Morgan fingerprint density at radius 1 is 1.38 bits per heavy atom. The van der Waals surface area contributed by atoms with Crippen LogP contribution in [0.2, 0.25) is 0 Å². The SMILES string of the molecule is CCC1CCCC(NCC(O)C(F)(F)F)C1. The normalized spacial score (nSPS) is 29.1. The number of alkyl halides is 3. The molecule has 0 amide bonds. The van der Waals surface area contributed by atoms with Crippen LogP contribution in [0.5, 0.6) is 0 Å². The second-order valence-corrected chi connectivity index (χ2v) is 4.60. The second-order valence-electron chi connectivity index (χ2n) is 4.60. The molecule has 1 aliphatic rings. The van der Waals surface area contributed by atoms with E-state index in [9.17, 15) is 13.2 Å². The van der Waals surface area contributed by atoms with Crippen molar-refractivity contribution in [3.05, 3.63) is 0 Å². The first-order chi connectivity index (χ1) is 7.43. The van der Waals surface area contributed by atoms with Crippen LogP contribution in [0.25, 0.3) is 0 Å². The molecule has 5 heteroatoms. The maximum absolute atomic E-state index is 12.1. The maximum atomic E-state index is 12.1. The Bertz CT molecular complexity index is 208. The molecule has 1 aliphatic carbocycles. The van der Waals surface area contributed by atoms with Crippen molar-refractivity contribution >= 4 is 0 Å². The van der Waals surface area contributed by atoms with Gasteiger partial charge in [0.2, 0.25) is 0 Å². The molecule has 1 fully saturated rings. The van der Waals surface area contributed by atoms with E-state index in [-0.39, 0.29) is 12.6 Å². The van der Waals surface area contributed by atoms with E-state index in [4.69, 9.17) is 5.11 Å². The number of aliphatic hydroxyl groups excluding tert-OH is 1. The molecule has 96 valence electrons. The van der Waals surface area contributed by atoms with Gasteiger partial charge in [-0.25, -0.2) is 0 Å². The number of rotatable bonds is 4. The second kappa shape index (κ2) is 5.87. The van der Waals surface area contributed by atoms with Crippen LogP contribution in [0.4, 0.5) is 13.2 Å². The summed E-state index contributed by atoms with van der Waals surface area (Å²) in [5.74, 6) is 0.620. The van der Waals surface area contributed by atoms with E-state index < -0.39 is 12.3 Å². The van der Waals surface area contributed by atoms with Gasteiger partial charge in [-0.05, 0) is 18.8 Å². The molecule has 16 heavy (non-hydrogen) atoms. The molecule has 0 aromatic carbocycles. The highest BCUT2D eigenvalue weighted by Crippen LogP contribution is 2.27. The Hall–Kier alpha value is -0.290. The molecule has 1 rings (SSSR count). The molecule has 0 radical (unpaired) electrons. The summed E-state index contributed by atoms with van der Waals surface area (Å²) >= 11 is 0. The summed E-state index contributed by atoms with van der Waals surface area (Å²) in [4.78, 5) is 0. The van der Waals surface area contributed by atoms with Gasteiger partial charge in [0.25, 0.3) is 0 Å². The Morgan fingerprint density at radius 2 is 2.06 bits per heavy atom. The van der Waals surface area contributed by atoms with Crippen LogP contribution >= 0.6 is 0 Å². The zero-order valence-electron chi connectivity index (χ0n) is 9.56. The lowest BCUT2D eigenvalue weighted by Gasteiger charge is -2.30.